The highest BCUT2D eigenvalue weighted by atomic mass is 15.3. The molecule has 1 aliphatic carbocycles. The molecule has 1 saturated carbocycles. The van der Waals surface area contributed by atoms with E-state index in [4.69, 9.17) is 0 Å². The van der Waals surface area contributed by atoms with Crippen molar-refractivity contribution < 1.29 is 0 Å². The van der Waals surface area contributed by atoms with Crippen LogP contribution in [0.3, 0.4) is 0 Å². The zero-order valence-electron chi connectivity index (χ0n) is 9.51. The second-order valence-corrected chi connectivity index (χ2v) is 5.88. The van der Waals surface area contributed by atoms with Crippen LogP contribution in [-0.2, 0) is 0 Å². The molecule has 0 bridgehead atoms. The van der Waals surface area contributed by atoms with Gasteiger partial charge >= 0.3 is 0 Å². The summed E-state index contributed by atoms with van der Waals surface area (Å²) in [6, 6.07) is 0.921. The summed E-state index contributed by atoms with van der Waals surface area (Å²) >= 11 is 0. The third-order valence-electron chi connectivity index (χ3n) is 3.82. The van der Waals surface area contributed by atoms with E-state index < -0.39 is 0 Å². The summed E-state index contributed by atoms with van der Waals surface area (Å²) in [7, 11) is 0. The predicted octanol–water partition coefficient (Wildman–Crippen LogP) is 2.76. The standard InChI is InChI=1S/C12H23N/c1-5-11(13-6-7-13)9-8-10(9)12(2,3)4/h9-11H,5-8H2,1-4H3. The molecule has 1 heteroatoms. The van der Waals surface area contributed by atoms with Gasteiger partial charge in [0.25, 0.3) is 0 Å². The molecule has 0 aromatic carbocycles. The van der Waals surface area contributed by atoms with Gasteiger partial charge in [0, 0.05) is 19.1 Å². The second kappa shape index (κ2) is 2.98. The van der Waals surface area contributed by atoms with Gasteiger partial charge in [-0.3, -0.25) is 4.90 Å². The summed E-state index contributed by atoms with van der Waals surface area (Å²) in [5.41, 5.74) is 0.550. The highest BCUT2D eigenvalue weighted by molar-refractivity contribution is 5.02. The molecule has 3 atom stereocenters. The van der Waals surface area contributed by atoms with Gasteiger partial charge in [-0.25, -0.2) is 0 Å². The first-order chi connectivity index (χ1) is 6.04. The summed E-state index contributed by atoms with van der Waals surface area (Å²) < 4.78 is 0. The van der Waals surface area contributed by atoms with E-state index in [9.17, 15) is 0 Å². The Kier molecular flexibility index (Phi) is 2.18. The number of hydrogen-bond acceptors (Lipinski definition) is 1. The maximum Gasteiger partial charge on any atom is 0.0125 e. The van der Waals surface area contributed by atoms with E-state index in [1.165, 1.54) is 25.9 Å². The van der Waals surface area contributed by atoms with Gasteiger partial charge in [-0.15, -0.1) is 0 Å². The first-order valence-electron chi connectivity index (χ1n) is 5.78. The average molecular weight is 181 g/mol. The van der Waals surface area contributed by atoms with Crippen molar-refractivity contribution in [3.8, 4) is 0 Å². The minimum Gasteiger partial charge on any atom is -0.298 e. The van der Waals surface area contributed by atoms with E-state index in [2.05, 4.69) is 32.6 Å². The predicted molar refractivity (Wildman–Crippen MR) is 56.7 cm³/mol. The Morgan fingerprint density at radius 2 is 1.92 bits per heavy atom. The van der Waals surface area contributed by atoms with E-state index >= 15 is 0 Å². The van der Waals surface area contributed by atoms with Gasteiger partial charge in [-0.2, -0.15) is 0 Å². The fraction of sp³-hybridized carbons (Fsp3) is 1.00. The molecule has 1 saturated heterocycles. The quantitative estimate of drug-likeness (QED) is 0.605. The van der Waals surface area contributed by atoms with Crippen molar-refractivity contribution in [2.24, 2.45) is 17.3 Å². The van der Waals surface area contributed by atoms with Crippen molar-refractivity contribution in [1.29, 1.82) is 0 Å². The summed E-state index contributed by atoms with van der Waals surface area (Å²) in [6.45, 7) is 12.3. The Balaban J connectivity index is 1.89. The third-order valence-corrected chi connectivity index (χ3v) is 3.82. The van der Waals surface area contributed by atoms with Crippen LogP contribution in [0, 0.1) is 17.3 Å². The summed E-state index contributed by atoms with van der Waals surface area (Å²) in [4.78, 5) is 2.65. The molecule has 1 heterocycles. The Morgan fingerprint density at radius 1 is 1.31 bits per heavy atom. The largest absolute Gasteiger partial charge is 0.298 e. The molecule has 0 aromatic heterocycles. The lowest BCUT2D eigenvalue weighted by atomic mass is 9.87. The van der Waals surface area contributed by atoms with Gasteiger partial charge in [-0.1, -0.05) is 27.7 Å². The molecular weight excluding hydrogens is 158 g/mol. The Labute approximate surface area is 82.5 Å². The molecule has 76 valence electrons. The number of nitrogens with zero attached hydrogens (tertiary/aromatic N) is 1. The molecule has 2 aliphatic rings. The van der Waals surface area contributed by atoms with Gasteiger partial charge in [-0.05, 0) is 30.1 Å². The zero-order valence-corrected chi connectivity index (χ0v) is 9.51. The molecule has 1 nitrogen and oxygen atoms in total. The minimum absolute atomic E-state index is 0.550. The number of rotatable bonds is 3. The topological polar surface area (TPSA) is 3.01 Å². The Hall–Kier alpha value is -0.0400. The van der Waals surface area contributed by atoms with Crippen LogP contribution in [0.15, 0.2) is 0 Å². The fourth-order valence-electron chi connectivity index (χ4n) is 2.86. The maximum atomic E-state index is 2.65. The normalized spacial score (nSPS) is 36.0. The Morgan fingerprint density at radius 3 is 2.23 bits per heavy atom. The summed E-state index contributed by atoms with van der Waals surface area (Å²) in [6.07, 6.45) is 2.84. The minimum atomic E-state index is 0.550. The summed E-state index contributed by atoms with van der Waals surface area (Å²) in [5, 5.41) is 0. The van der Waals surface area contributed by atoms with Gasteiger partial charge in [0.05, 0.1) is 0 Å². The molecule has 0 aromatic rings. The van der Waals surface area contributed by atoms with Crippen molar-refractivity contribution in [3.63, 3.8) is 0 Å². The van der Waals surface area contributed by atoms with Crippen LogP contribution in [-0.4, -0.2) is 24.0 Å². The van der Waals surface area contributed by atoms with E-state index in [0.717, 1.165) is 17.9 Å². The van der Waals surface area contributed by atoms with E-state index in [1.54, 1.807) is 0 Å². The van der Waals surface area contributed by atoms with Crippen LogP contribution < -0.4 is 0 Å². The first kappa shape index (κ1) is 9.51. The Bertz CT molecular complexity index is 188. The third kappa shape index (κ3) is 1.90. The van der Waals surface area contributed by atoms with Gasteiger partial charge in [0.1, 0.15) is 0 Å². The van der Waals surface area contributed by atoms with Gasteiger partial charge in [0.15, 0.2) is 0 Å². The smallest absolute Gasteiger partial charge is 0.0125 e. The molecule has 0 spiro atoms. The van der Waals surface area contributed by atoms with Crippen molar-refractivity contribution in [3.05, 3.63) is 0 Å². The highest BCUT2D eigenvalue weighted by Crippen LogP contribution is 2.54. The van der Waals surface area contributed by atoms with Gasteiger partial charge < -0.3 is 0 Å². The van der Waals surface area contributed by atoms with Crippen molar-refractivity contribution in [2.75, 3.05) is 13.1 Å². The van der Waals surface area contributed by atoms with E-state index in [0.29, 0.717) is 5.41 Å². The average Bonchev–Trinajstić information content (AvgIpc) is 2.79. The molecule has 3 unspecified atom stereocenters. The molecular formula is C12H23N. The van der Waals surface area contributed by atoms with Crippen LogP contribution in [0.25, 0.3) is 0 Å². The maximum absolute atomic E-state index is 2.65. The second-order valence-electron chi connectivity index (χ2n) is 5.88. The van der Waals surface area contributed by atoms with Crippen LogP contribution in [0.5, 0.6) is 0 Å². The van der Waals surface area contributed by atoms with Crippen LogP contribution in [0.2, 0.25) is 0 Å². The van der Waals surface area contributed by atoms with Crippen LogP contribution in [0.4, 0.5) is 0 Å². The SMILES string of the molecule is CCC(C1CC1C(C)(C)C)N1CC1. The van der Waals surface area contributed by atoms with E-state index in [1.807, 2.05) is 0 Å². The zero-order chi connectivity index (χ0) is 9.64. The molecule has 13 heavy (non-hydrogen) atoms. The van der Waals surface area contributed by atoms with Crippen LogP contribution >= 0.6 is 0 Å². The molecule has 0 amide bonds. The lowest BCUT2D eigenvalue weighted by Crippen LogP contribution is -2.23. The van der Waals surface area contributed by atoms with E-state index in [-0.39, 0.29) is 0 Å². The lowest BCUT2D eigenvalue weighted by Gasteiger charge is -2.22. The summed E-state index contributed by atoms with van der Waals surface area (Å²) in [5.74, 6) is 2.02. The van der Waals surface area contributed by atoms with Crippen molar-refractivity contribution >= 4 is 0 Å². The molecule has 1 aliphatic heterocycles. The molecule has 2 rings (SSSR count). The molecule has 0 radical (unpaired) electrons. The first-order valence-corrected chi connectivity index (χ1v) is 5.78. The van der Waals surface area contributed by atoms with Crippen molar-refractivity contribution in [1.82, 2.24) is 4.90 Å². The van der Waals surface area contributed by atoms with Gasteiger partial charge in [0.2, 0.25) is 0 Å². The van der Waals surface area contributed by atoms with Crippen LogP contribution in [0.1, 0.15) is 40.5 Å². The number of hydrogen-bond donors (Lipinski definition) is 0. The monoisotopic (exact) mass is 181 g/mol. The fourth-order valence-corrected chi connectivity index (χ4v) is 2.86. The molecule has 2 fully saturated rings. The van der Waals surface area contributed by atoms with Crippen molar-refractivity contribution in [2.45, 2.75) is 46.6 Å². The molecule has 0 N–H and O–H groups in total. The highest BCUT2D eigenvalue weighted by Gasteiger charge is 2.51. The lowest BCUT2D eigenvalue weighted by molar-refractivity contribution is 0.269.